The highest BCUT2D eigenvalue weighted by Crippen LogP contribution is 2.27. The van der Waals surface area contributed by atoms with Crippen LogP contribution < -0.4 is 10.9 Å². The van der Waals surface area contributed by atoms with Gasteiger partial charge in [0.1, 0.15) is 0 Å². The van der Waals surface area contributed by atoms with E-state index >= 15 is 0 Å². The van der Waals surface area contributed by atoms with Crippen LogP contribution in [0.3, 0.4) is 0 Å². The summed E-state index contributed by atoms with van der Waals surface area (Å²) in [6.07, 6.45) is 0. The topological polar surface area (TPSA) is 85.6 Å². The van der Waals surface area contributed by atoms with Crippen molar-refractivity contribution in [3.05, 3.63) is 62.9 Å². The number of carbonyl (C=O) groups excluding carboxylic acids is 1. The second-order valence-electron chi connectivity index (χ2n) is 5.83. The van der Waals surface area contributed by atoms with Gasteiger partial charge in [-0.2, -0.15) is 4.52 Å². The van der Waals surface area contributed by atoms with Crippen LogP contribution in [0.2, 0.25) is 5.02 Å². The number of esters is 1. The minimum absolute atomic E-state index is 0.307. The number of halogens is 1. The molecule has 0 amide bonds. The van der Waals surface area contributed by atoms with Crippen molar-refractivity contribution in [1.29, 1.82) is 0 Å². The number of rotatable bonds is 3. The number of nitrogens with one attached hydrogen (secondary N) is 1. The molecule has 9 heteroatoms. The molecule has 0 bridgehead atoms. The molecule has 27 heavy (non-hydrogen) atoms. The third-order valence-electron chi connectivity index (χ3n) is 4.06. The Morgan fingerprint density at radius 2 is 2.07 bits per heavy atom. The fraction of sp³-hybridized carbons (Fsp3) is 0.111. The first-order chi connectivity index (χ1) is 13.0. The molecular formula is C18H13ClN4O3S. The molecule has 0 aliphatic rings. The van der Waals surface area contributed by atoms with Crippen molar-refractivity contribution in [3.8, 4) is 0 Å². The zero-order chi connectivity index (χ0) is 19.1. The Bertz CT molecular complexity index is 1260. The van der Waals surface area contributed by atoms with Crippen molar-refractivity contribution >= 4 is 55.6 Å². The van der Waals surface area contributed by atoms with Crippen molar-refractivity contribution in [1.82, 2.24) is 14.6 Å². The van der Waals surface area contributed by atoms with E-state index in [2.05, 4.69) is 15.4 Å². The van der Waals surface area contributed by atoms with E-state index in [-0.39, 0.29) is 5.56 Å². The van der Waals surface area contributed by atoms with Gasteiger partial charge in [0.25, 0.3) is 5.56 Å². The molecule has 2 aromatic heterocycles. The van der Waals surface area contributed by atoms with Crippen LogP contribution in [0, 0.1) is 6.92 Å². The second kappa shape index (κ2) is 6.64. The standard InChI is InChI=1S/C18H13ClN4O3S/c1-9-3-5-11(19)8-13(9)20-17-22-23-15(24)12-6-4-10(16(25)26-2)7-14(12)21-18(23)27-17/h3-8H,1-2H3,(H,20,22). The summed E-state index contributed by atoms with van der Waals surface area (Å²) >= 11 is 7.27. The number of hydrogen-bond acceptors (Lipinski definition) is 7. The summed E-state index contributed by atoms with van der Waals surface area (Å²) in [6, 6.07) is 10.1. The third kappa shape index (κ3) is 3.13. The van der Waals surface area contributed by atoms with Crippen LogP contribution in [0.15, 0.2) is 41.2 Å². The molecule has 0 saturated heterocycles. The maximum atomic E-state index is 12.7. The van der Waals surface area contributed by atoms with Crippen LogP contribution in [0.1, 0.15) is 15.9 Å². The minimum Gasteiger partial charge on any atom is -0.465 e. The average Bonchev–Trinajstić information content (AvgIpc) is 3.06. The lowest BCUT2D eigenvalue weighted by molar-refractivity contribution is 0.0601. The van der Waals surface area contributed by atoms with E-state index in [9.17, 15) is 9.59 Å². The molecule has 0 aliphatic heterocycles. The molecule has 0 radical (unpaired) electrons. The molecule has 4 rings (SSSR count). The molecular weight excluding hydrogens is 388 g/mol. The molecule has 2 aromatic carbocycles. The van der Waals surface area contributed by atoms with E-state index in [1.54, 1.807) is 18.2 Å². The van der Waals surface area contributed by atoms with Crippen molar-refractivity contribution in [2.24, 2.45) is 0 Å². The molecule has 0 atom stereocenters. The fourth-order valence-electron chi connectivity index (χ4n) is 2.65. The highest BCUT2D eigenvalue weighted by Gasteiger charge is 2.14. The third-order valence-corrected chi connectivity index (χ3v) is 5.12. The van der Waals surface area contributed by atoms with Gasteiger partial charge in [0.15, 0.2) is 0 Å². The summed E-state index contributed by atoms with van der Waals surface area (Å²) < 4.78 is 5.96. The van der Waals surface area contributed by atoms with Crippen LogP contribution in [0.25, 0.3) is 15.9 Å². The number of nitrogens with zero attached hydrogens (tertiary/aromatic N) is 3. The van der Waals surface area contributed by atoms with Crippen molar-refractivity contribution in [2.75, 3.05) is 12.4 Å². The van der Waals surface area contributed by atoms with Gasteiger partial charge in [0.05, 0.1) is 23.6 Å². The lowest BCUT2D eigenvalue weighted by atomic mass is 10.1. The Balaban J connectivity index is 1.82. The van der Waals surface area contributed by atoms with E-state index in [0.29, 0.717) is 31.6 Å². The summed E-state index contributed by atoms with van der Waals surface area (Å²) in [6.45, 7) is 1.94. The van der Waals surface area contributed by atoms with Gasteiger partial charge in [0.2, 0.25) is 10.1 Å². The number of methoxy groups -OCH3 is 1. The molecule has 0 saturated carbocycles. The summed E-state index contributed by atoms with van der Waals surface area (Å²) in [5.41, 5.74) is 2.23. The van der Waals surface area contributed by atoms with E-state index < -0.39 is 5.97 Å². The fourth-order valence-corrected chi connectivity index (χ4v) is 3.63. The van der Waals surface area contributed by atoms with Crippen LogP contribution >= 0.6 is 22.9 Å². The number of fused-ring (bicyclic) bond motifs is 2. The van der Waals surface area contributed by atoms with Gasteiger partial charge in [-0.25, -0.2) is 9.78 Å². The lowest BCUT2D eigenvalue weighted by Crippen LogP contribution is -2.15. The van der Waals surface area contributed by atoms with Crippen molar-refractivity contribution in [2.45, 2.75) is 6.92 Å². The van der Waals surface area contributed by atoms with E-state index in [4.69, 9.17) is 16.3 Å². The number of benzene rings is 2. The molecule has 0 fully saturated rings. The zero-order valence-corrected chi connectivity index (χ0v) is 15.9. The van der Waals surface area contributed by atoms with Crippen LogP contribution in [0.5, 0.6) is 0 Å². The molecule has 1 N–H and O–H groups in total. The molecule has 0 unspecified atom stereocenters. The van der Waals surface area contributed by atoms with Gasteiger partial charge in [-0.15, -0.1) is 5.10 Å². The van der Waals surface area contributed by atoms with Gasteiger partial charge in [-0.3, -0.25) is 4.79 Å². The van der Waals surface area contributed by atoms with E-state index in [1.165, 1.54) is 35.1 Å². The highest BCUT2D eigenvalue weighted by molar-refractivity contribution is 7.20. The van der Waals surface area contributed by atoms with Gasteiger partial charge in [-0.1, -0.05) is 29.0 Å². The molecule has 0 aliphatic carbocycles. The SMILES string of the molecule is COC(=O)c1ccc2c(=O)n3nc(Nc4cc(Cl)ccc4C)sc3nc2c1. The summed E-state index contributed by atoms with van der Waals surface area (Å²) in [5.74, 6) is -0.484. The average molecular weight is 401 g/mol. The smallest absolute Gasteiger partial charge is 0.337 e. The first kappa shape index (κ1) is 17.4. The lowest BCUT2D eigenvalue weighted by Gasteiger charge is -2.06. The number of aryl methyl sites for hydroxylation is 1. The number of ether oxygens (including phenoxy) is 1. The first-order valence-electron chi connectivity index (χ1n) is 7.91. The number of carbonyl (C=O) groups is 1. The first-order valence-corrected chi connectivity index (χ1v) is 9.11. The monoisotopic (exact) mass is 400 g/mol. The zero-order valence-electron chi connectivity index (χ0n) is 14.3. The number of aromatic nitrogens is 3. The molecule has 2 heterocycles. The largest absolute Gasteiger partial charge is 0.465 e. The highest BCUT2D eigenvalue weighted by atomic mass is 35.5. The summed E-state index contributed by atoms with van der Waals surface area (Å²) in [5, 5.41) is 8.97. The molecule has 7 nitrogen and oxygen atoms in total. The van der Waals surface area contributed by atoms with Crippen molar-refractivity contribution < 1.29 is 9.53 Å². The minimum atomic E-state index is -0.484. The van der Waals surface area contributed by atoms with E-state index in [0.717, 1.165) is 11.3 Å². The normalized spacial score (nSPS) is 11.1. The summed E-state index contributed by atoms with van der Waals surface area (Å²) in [7, 11) is 1.30. The maximum absolute atomic E-state index is 12.7. The quantitative estimate of drug-likeness (QED) is 0.526. The molecule has 0 spiro atoms. The van der Waals surface area contributed by atoms with Gasteiger partial charge >= 0.3 is 5.97 Å². The Labute approximate surface area is 162 Å². The van der Waals surface area contributed by atoms with Crippen LogP contribution in [0.4, 0.5) is 10.8 Å². The Hall–Kier alpha value is -2.97. The Morgan fingerprint density at radius 3 is 2.85 bits per heavy atom. The van der Waals surface area contributed by atoms with E-state index in [1.807, 2.05) is 13.0 Å². The van der Waals surface area contributed by atoms with Gasteiger partial charge in [-0.05, 0) is 42.8 Å². The molecule has 4 aromatic rings. The maximum Gasteiger partial charge on any atom is 0.337 e. The van der Waals surface area contributed by atoms with Crippen LogP contribution in [-0.4, -0.2) is 27.7 Å². The Morgan fingerprint density at radius 1 is 1.26 bits per heavy atom. The summed E-state index contributed by atoms with van der Waals surface area (Å²) in [4.78, 5) is 29.3. The van der Waals surface area contributed by atoms with Crippen molar-refractivity contribution in [3.63, 3.8) is 0 Å². The second-order valence-corrected chi connectivity index (χ2v) is 7.22. The number of hydrogen-bond donors (Lipinski definition) is 1. The molecule has 136 valence electrons. The predicted molar refractivity (Wildman–Crippen MR) is 105 cm³/mol. The number of anilines is 2. The Kier molecular flexibility index (Phi) is 4.29. The van der Waals surface area contributed by atoms with Gasteiger partial charge < -0.3 is 10.1 Å². The predicted octanol–water partition coefficient (Wildman–Crippen LogP) is 3.80. The van der Waals surface area contributed by atoms with Gasteiger partial charge in [0, 0.05) is 10.7 Å². The van der Waals surface area contributed by atoms with Crippen LogP contribution in [-0.2, 0) is 4.74 Å².